The lowest BCUT2D eigenvalue weighted by Gasteiger charge is -2.34. The molecular weight excluding hydrogens is 244 g/mol. The predicted molar refractivity (Wildman–Crippen MR) is 73.2 cm³/mol. The highest BCUT2D eigenvalue weighted by Crippen LogP contribution is 2.24. The molecule has 1 aliphatic carbocycles. The van der Waals surface area contributed by atoms with Crippen LogP contribution in [-0.2, 0) is 9.53 Å². The molecule has 0 radical (unpaired) electrons. The number of carboxylic acids is 1. The Morgan fingerprint density at radius 1 is 1.47 bits per heavy atom. The van der Waals surface area contributed by atoms with Crippen LogP contribution in [0.5, 0.6) is 0 Å². The van der Waals surface area contributed by atoms with Crippen LogP contribution in [0.3, 0.4) is 0 Å². The van der Waals surface area contributed by atoms with Crippen molar-refractivity contribution in [1.29, 1.82) is 0 Å². The third kappa shape index (κ3) is 4.44. The number of hydrogen-bond acceptors (Lipinski definition) is 4. The van der Waals surface area contributed by atoms with E-state index in [0.29, 0.717) is 6.04 Å². The molecule has 110 valence electrons. The monoisotopic (exact) mass is 270 g/mol. The van der Waals surface area contributed by atoms with Crippen molar-refractivity contribution in [3.63, 3.8) is 0 Å². The first-order chi connectivity index (χ1) is 9.19. The van der Waals surface area contributed by atoms with Crippen molar-refractivity contribution in [2.24, 2.45) is 5.92 Å². The molecule has 5 heteroatoms. The molecule has 2 rings (SSSR count). The molecule has 1 aliphatic heterocycles. The van der Waals surface area contributed by atoms with Crippen LogP contribution in [0, 0.1) is 5.92 Å². The molecule has 0 aromatic carbocycles. The summed E-state index contributed by atoms with van der Waals surface area (Å²) in [5.41, 5.74) is 0. The summed E-state index contributed by atoms with van der Waals surface area (Å²) in [5, 5.41) is 12.6. The Morgan fingerprint density at radius 3 is 3.05 bits per heavy atom. The maximum Gasteiger partial charge on any atom is 0.306 e. The highest BCUT2D eigenvalue weighted by atomic mass is 16.5. The van der Waals surface area contributed by atoms with Gasteiger partial charge < -0.3 is 15.2 Å². The van der Waals surface area contributed by atoms with Crippen molar-refractivity contribution in [3.8, 4) is 0 Å². The lowest BCUT2D eigenvalue weighted by atomic mass is 9.86. The van der Waals surface area contributed by atoms with Crippen LogP contribution in [-0.4, -0.2) is 60.9 Å². The molecule has 0 aromatic rings. The Hall–Kier alpha value is -0.650. The third-order valence-electron chi connectivity index (χ3n) is 4.33. The lowest BCUT2D eigenvalue weighted by Crippen LogP contribution is -2.48. The van der Waals surface area contributed by atoms with Gasteiger partial charge in [0.25, 0.3) is 0 Å². The van der Waals surface area contributed by atoms with Gasteiger partial charge in [-0.3, -0.25) is 9.69 Å². The van der Waals surface area contributed by atoms with Crippen LogP contribution in [0.4, 0.5) is 0 Å². The van der Waals surface area contributed by atoms with Crippen LogP contribution in [0.15, 0.2) is 0 Å². The van der Waals surface area contributed by atoms with E-state index in [1.54, 1.807) is 0 Å². The minimum atomic E-state index is -0.641. The van der Waals surface area contributed by atoms with Crippen molar-refractivity contribution in [2.75, 3.05) is 32.8 Å². The molecule has 2 N–H and O–H groups in total. The fourth-order valence-corrected chi connectivity index (χ4v) is 3.09. The number of nitrogens with one attached hydrogen (secondary N) is 1. The van der Waals surface area contributed by atoms with Crippen molar-refractivity contribution in [3.05, 3.63) is 0 Å². The molecule has 19 heavy (non-hydrogen) atoms. The van der Waals surface area contributed by atoms with Gasteiger partial charge in [0.15, 0.2) is 0 Å². The van der Waals surface area contributed by atoms with Crippen LogP contribution in [0.1, 0.15) is 32.6 Å². The van der Waals surface area contributed by atoms with Gasteiger partial charge in [-0.15, -0.1) is 0 Å². The van der Waals surface area contributed by atoms with E-state index in [9.17, 15) is 4.79 Å². The molecule has 3 atom stereocenters. The average molecular weight is 270 g/mol. The van der Waals surface area contributed by atoms with E-state index < -0.39 is 5.97 Å². The molecule has 5 nitrogen and oxygen atoms in total. The summed E-state index contributed by atoms with van der Waals surface area (Å²) in [5.74, 6) is -0.803. The molecular formula is C14H26N2O3. The second-order valence-electron chi connectivity index (χ2n) is 5.69. The highest BCUT2D eigenvalue weighted by molar-refractivity contribution is 5.70. The number of nitrogens with zero attached hydrogens (tertiary/aromatic N) is 1. The first kappa shape index (κ1) is 14.8. The van der Waals surface area contributed by atoms with E-state index in [1.807, 2.05) is 0 Å². The topological polar surface area (TPSA) is 61.8 Å². The summed E-state index contributed by atoms with van der Waals surface area (Å²) in [7, 11) is 0. The van der Waals surface area contributed by atoms with E-state index >= 15 is 0 Å². The summed E-state index contributed by atoms with van der Waals surface area (Å²) in [6.07, 6.45) is 3.95. The van der Waals surface area contributed by atoms with Crippen LogP contribution < -0.4 is 5.32 Å². The molecule has 2 aliphatic rings. The van der Waals surface area contributed by atoms with Gasteiger partial charge in [0, 0.05) is 25.7 Å². The van der Waals surface area contributed by atoms with Gasteiger partial charge in [0.2, 0.25) is 0 Å². The second kappa shape index (κ2) is 7.22. The van der Waals surface area contributed by atoms with Gasteiger partial charge in [-0.2, -0.15) is 0 Å². The van der Waals surface area contributed by atoms with E-state index in [0.717, 1.165) is 58.5 Å². The van der Waals surface area contributed by atoms with Crippen molar-refractivity contribution in [2.45, 2.75) is 44.8 Å². The number of hydrogen-bond donors (Lipinski definition) is 2. The number of rotatable bonds is 5. The normalized spacial score (nSPS) is 33.2. The van der Waals surface area contributed by atoms with E-state index in [-0.39, 0.29) is 12.0 Å². The molecule has 0 spiro atoms. The maximum atomic E-state index is 11.0. The standard InChI is InChI=1S/C14H26N2O3/c1-2-16-6-7-19-13(10-16)9-15-12-5-3-4-11(8-12)14(17)18/h11-13,15H,2-10H2,1H3,(H,17,18). The first-order valence-electron chi connectivity index (χ1n) is 7.49. The zero-order valence-electron chi connectivity index (χ0n) is 11.8. The summed E-state index contributed by atoms with van der Waals surface area (Å²) in [4.78, 5) is 13.4. The summed E-state index contributed by atoms with van der Waals surface area (Å²) < 4.78 is 5.75. The van der Waals surface area contributed by atoms with E-state index in [4.69, 9.17) is 9.84 Å². The number of carbonyl (C=O) groups is 1. The molecule has 1 saturated heterocycles. The molecule has 1 heterocycles. The Labute approximate surface area is 115 Å². The van der Waals surface area contributed by atoms with Crippen LogP contribution in [0.2, 0.25) is 0 Å². The predicted octanol–water partition coefficient (Wildman–Crippen LogP) is 0.940. The van der Waals surface area contributed by atoms with E-state index in [2.05, 4.69) is 17.1 Å². The van der Waals surface area contributed by atoms with Crippen LogP contribution >= 0.6 is 0 Å². The Morgan fingerprint density at radius 2 is 2.32 bits per heavy atom. The van der Waals surface area contributed by atoms with Gasteiger partial charge in [0.05, 0.1) is 18.6 Å². The molecule has 0 bridgehead atoms. The minimum absolute atomic E-state index is 0.161. The fourth-order valence-electron chi connectivity index (χ4n) is 3.09. The first-order valence-corrected chi connectivity index (χ1v) is 7.49. The number of morpholine rings is 1. The number of likely N-dealkylation sites (N-methyl/N-ethyl adjacent to an activating group) is 1. The summed E-state index contributed by atoms with van der Waals surface area (Å²) >= 11 is 0. The van der Waals surface area contributed by atoms with Gasteiger partial charge >= 0.3 is 5.97 Å². The third-order valence-corrected chi connectivity index (χ3v) is 4.33. The fraction of sp³-hybridized carbons (Fsp3) is 0.929. The molecule has 1 saturated carbocycles. The largest absolute Gasteiger partial charge is 0.481 e. The highest BCUT2D eigenvalue weighted by Gasteiger charge is 2.27. The Bertz CT molecular complexity index is 298. The SMILES string of the molecule is CCN1CCOC(CNC2CCCC(C(=O)O)C2)C1. The second-order valence-corrected chi connectivity index (χ2v) is 5.69. The Kier molecular flexibility index (Phi) is 5.60. The summed E-state index contributed by atoms with van der Waals surface area (Å²) in [6.45, 7) is 6.91. The zero-order valence-corrected chi connectivity index (χ0v) is 11.8. The smallest absolute Gasteiger partial charge is 0.306 e. The van der Waals surface area contributed by atoms with Crippen LogP contribution in [0.25, 0.3) is 0 Å². The minimum Gasteiger partial charge on any atom is -0.481 e. The number of ether oxygens (including phenoxy) is 1. The molecule has 0 aromatic heterocycles. The van der Waals surface area contributed by atoms with Crippen molar-refractivity contribution >= 4 is 5.97 Å². The van der Waals surface area contributed by atoms with Gasteiger partial charge in [-0.05, 0) is 25.8 Å². The molecule has 3 unspecified atom stereocenters. The number of carboxylic acid groups (broad SMARTS) is 1. The maximum absolute atomic E-state index is 11.0. The van der Waals surface area contributed by atoms with Gasteiger partial charge in [-0.1, -0.05) is 13.3 Å². The van der Waals surface area contributed by atoms with Crippen molar-refractivity contribution in [1.82, 2.24) is 10.2 Å². The summed E-state index contributed by atoms with van der Waals surface area (Å²) in [6, 6.07) is 0.343. The quantitative estimate of drug-likeness (QED) is 0.778. The molecule has 0 amide bonds. The van der Waals surface area contributed by atoms with Gasteiger partial charge in [0.1, 0.15) is 0 Å². The lowest BCUT2D eigenvalue weighted by molar-refractivity contribution is -0.143. The average Bonchev–Trinajstić information content (AvgIpc) is 2.45. The number of aliphatic carboxylic acids is 1. The molecule has 2 fully saturated rings. The van der Waals surface area contributed by atoms with E-state index in [1.165, 1.54) is 0 Å². The van der Waals surface area contributed by atoms with Gasteiger partial charge in [-0.25, -0.2) is 0 Å². The zero-order chi connectivity index (χ0) is 13.7. The van der Waals surface area contributed by atoms with Crippen molar-refractivity contribution < 1.29 is 14.6 Å². The Balaban J connectivity index is 1.71.